The number of piperazine rings is 1. The van der Waals surface area contributed by atoms with Gasteiger partial charge in [0.05, 0.1) is 20.2 Å². The van der Waals surface area contributed by atoms with Crippen LogP contribution >= 0.6 is 0 Å². The number of hydrogen-bond donors (Lipinski definition) is 1. The largest absolute Gasteiger partial charge is 0.497 e. The van der Waals surface area contributed by atoms with Crippen LogP contribution in [0.15, 0.2) is 54.6 Å². The second kappa shape index (κ2) is 9.56. The Hall–Kier alpha value is -2.86. The van der Waals surface area contributed by atoms with E-state index in [2.05, 4.69) is 17.4 Å². The number of nitrogens with zero attached hydrogens (tertiary/aromatic N) is 2. The lowest BCUT2D eigenvalue weighted by atomic mass is 10.0. The van der Waals surface area contributed by atoms with Crippen LogP contribution in [0.25, 0.3) is 0 Å². The maximum absolute atomic E-state index is 12.9. The first-order valence-electron chi connectivity index (χ1n) is 9.98. The number of rotatable bonds is 7. The predicted octanol–water partition coefficient (Wildman–Crippen LogP) is 2.48. The minimum atomic E-state index is -0.0549. The molecule has 1 fully saturated rings. The third-order valence-electron chi connectivity index (χ3n) is 5.02. The molecule has 6 heteroatoms. The molecule has 3 rings (SSSR count). The summed E-state index contributed by atoms with van der Waals surface area (Å²) in [6.45, 7) is 4.82. The minimum Gasteiger partial charge on any atom is -0.497 e. The molecule has 154 valence electrons. The number of benzene rings is 2. The van der Waals surface area contributed by atoms with E-state index in [4.69, 9.17) is 4.74 Å². The van der Waals surface area contributed by atoms with Crippen LogP contribution in [0, 0.1) is 0 Å². The Kier molecular flexibility index (Phi) is 6.88. The minimum absolute atomic E-state index is 0.0140. The average molecular weight is 396 g/mol. The van der Waals surface area contributed by atoms with E-state index in [0.29, 0.717) is 12.3 Å². The van der Waals surface area contributed by atoms with Crippen LogP contribution in [-0.4, -0.2) is 55.5 Å². The highest BCUT2D eigenvalue weighted by Crippen LogP contribution is 2.25. The summed E-state index contributed by atoms with van der Waals surface area (Å²) in [6, 6.07) is 17.8. The summed E-state index contributed by atoms with van der Waals surface area (Å²) in [5.74, 6) is 0.647. The molecule has 1 saturated heterocycles. The molecule has 0 spiro atoms. The van der Waals surface area contributed by atoms with Crippen molar-refractivity contribution < 1.29 is 14.3 Å². The molecule has 1 heterocycles. The molecular formula is C23H29N3O3. The van der Waals surface area contributed by atoms with Gasteiger partial charge in [-0.15, -0.1) is 0 Å². The van der Waals surface area contributed by atoms with Crippen molar-refractivity contribution in [3.63, 3.8) is 0 Å². The number of carbonyl (C=O) groups is 2. The molecule has 1 aliphatic rings. The Morgan fingerprint density at radius 3 is 2.62 bits per heavy atom. The summed E-state index contributed by atoms with van der Waals surface area (Å²) < 4.78 is 5.31. The molecule has 29 heavy (non-hydrogen) atoms. The predicted molar refractivity (Wildman–Crippen MR) is 114 cm³/mol. The van der Waals surface area contributed by atoms with Crippen LogP contribution in [0.3, 0.4) is 0 Å². The molecule has 1 atom stereocenters. The van der Waals surface area contributed by atoms with Gasteiger partial charge in [0.15, 0.2) is 0 Å². The van der Waals surface area contributed by atoms with Gasteiger partial charge < -0.3 is 15.0 Å². The third kappa shape index (κ3) is 5.57. The van der Waals surface area contributed by atoms with Gasteiger partial charge in [0.1, 0.15) is 5.75 Å². The van der Waals surface area contributed by atoms with Crippen molar-refractivity contribution >= 4 is 17.5 Å². The summed E-state index contributed by atoms with van der Waals surface area (Å²) in [7, 11) is 1.62. The Morgan fingerprint density at radius 2 is 1.93 bits per heavy atom. The first-order valence-corrected chi connectivity index (χ1v) is 9.98. The second-order valence-electron chi connectivity index (χ2n) is 7.68. The number of anilines is 1. The second-order valence-corrected chi connectivity index (χ2v) is 7.68. The van der Waals surface area contributed by atoms with Gasteiger partial charge in [0, 0.05) is 30.4 Å². The van der Waals surface area contributed by atoms with Crippen LogP contribution < -0.4 is 15.0 Å². The summed E-state index contributed by atoms with van der Waals surface area (Å²) in [6.07, 6.45) is 0.767. The zero-order valence-corrected chi connectivity index (χ0v) is 17.3. The Bertz CT molecular complexity index is 838. The molecule has 0 saturated carbocycles. The van der Waals surface area contributed by atoms with Gasteiger partial charge in [-0.2, -0.15) is 0 Å². The van der Waals surface area contributed by atoms with Crippen LogP contribution in [0.5, 0.6) is 5.75 Å². The SMILES string of the molecule is COc1cccc(N2CC(Cc3ccccc3)N(CC(=O)NC(C)C)CC2=O)c1. The summed E-state index contributed by atoms with van der Waals surface area (Å²) in [4.78, 5) is 29.1. The van der Waals surface area contributed by atoms with E-state index in [1.807, 2.05) is 61.2 Å². The lowest BCUT2D eigenvalue weighted by Gasteiger charge is -2.41. The molecule has 0 bridgehead atoms. The molecule has 2 aromatic carbocycles. The molecular weight excluding hydrogens is 366 g/mol. The molecule has 0 radical (unpaired) electrons. The Morgan fingerprint density at radius 1 is 1.17 bits per heavy atom. The topological polar surface area (TPSA) is 61.9 Å². The Balaban J connectivity index is 1.82. The van der Waals surface area contributed by atoms with E-state index in [1.54, 1.807) is 12.0 Å². The van der Waals surface area contributed by atoms with Crippen molar-refractivity contribution in [1.29, 1.82) is 0 Å². The monoisotopic (exact) mass is 395 g/mol. The molecule has 0 aliphatic carbocycles. The maximum atomic E-state index is 12.9. The molecule has 1 aliphatic heterocycles. The molecule has 2 amide bonds. The fourth-order valence-corrected chi connectivity index (χ4v) is 3.66. The van der Waals surface area contributed by atoms with Gasteiger partial charge in [0.2, 0.25) is 11.8 Å². The molecule has 0 aromatic heterocycles. The number of hydrogen-bond acceptors (Lipinski definition) is 4. The fourth-order valence-electron chi connectivity index (χ4n) is 3.66. The Labute approximate surface area is 172 Å². The van der Waals surface area contributed by atoms with E-state index in [-0.39, 0.29) is 37.0 Å². The summed E-state index contributed by atoms with van der Waals surface area (Å²) in [5, 5.41) is 2.93. The van der Waals surface area contributed by atoms with E-state index in [1.165, 1.54) is 5.56 Å². The summed E-state index contributed by atoms with van der Waals surface area (Å²) >= 11 is 0. The van der Waals surface area contributed by atoms with E-state index >= 15 is 0 Å². The lowest BCUT2D eigenvalue weighted by Crippen LogP contribution is -2.59. The van der Waals surface area contributed by atoms with Gasteiger partial charge in [-0.1, -0.05) is 36.4 Å². The summed E-state index contributed by atoms with van der Waals surface area (Å²) in [5.41, 5.74) is 2.01. The number of ether oxygens (including phenoxy) is 1. The van der Waals surface area contributed by atoms with E-state index in [0.717, 1.165) is 12.1 Å². The number of carbonyl (C=O) groups excluding carboxylic acids is 2. The normalized spacial score (nSPS) is 17.4. The van der Waals surface area contributed by atoms with Crippen molar-refractivity contribution in [2.75, 3.05) is 31.6 Å². The van der Waals surface area contributed by atoms with Crippen molar-refractivity contribution in [2.24, 2.45) is 0 Å². The van der Waals surface area contributed by atoms with Crippen molar-refractivity contribution in [3.05, 3.63) is 60.2 Å². The van der Waals surface area contributed by atoms with Crippen molar-refractivity contribution in [3.8, 4) is 5.75 Å². The van der Waals surface area contributed by atoms with Crippen LogP contribution in [-0.2, 0) is 16.0 Å². The van der Waals surface area contributed by atoms with Crippen LogP contribution in [0.4, 0.5) is 5.69 Å². The van der Waals surface area contributed by atoms with Crippen molar-refractivity contribution in [1.82, 2.24) is 10.2 Å². The number of methoxy groups -OCH3 is 1. The molecule has 1 unspecified atom stereocenters. The van der Waals surface area contributed by atoms with Crippen LogP contribution in [0.1, 0.15) is 19.4 Å². The van der Waals surface area contributed by atoms with E-state index in [9.17, 15) is 9.59 Å². The third-order valence-corrected chi connectivity index (χ3v) is 5.02. The van der Waals surface area contributed by atoms with Gasteiger partial charge in [-0.3, -0.25) is 14.5 Å². The lowest BCUT2D eigenvalue weighted by molar-refractivity contribution is -0.127. The standard InChI is InChI=1S/C23H29N3O3/c1-17(2)24-22(27)15-25-16-23(28)26(19-10-7-11-21(13-19)29-3)14-20(25)12-18-8-5-4-6-9-18/h4-11,13,17,20H,12,14-16H2,1-3H3,(H,24,27). The molecule has 1 N–H and O–H groups in total. The number of nitrogens with one attached hydrogen (secondary N) is 1. The fraction of sp³-hybridized carbons (Fsp3) is 0.391. The van der Waals surface area contributed by atoms with Crippen LogP contribution in [0.2, 0.25) is 0 Å². The zero-order valence-electron chi connectivity index (χ0n) is 17.3. The zero-order chi connectivity index (χ0) is 20.8. The van der Waals surface area contributed by atoms with Gasteiger partial charge in [0.25, 0.3) is 0 Å². The quantitative estimate of drug-likeness (QED) is 0.782. The highest BCUT2D eigenvalue weighted by molar-refractivity contribution is 5.96. The molecule has 2 aromatic rings. The smallest absolute Gasteiger partial charge is 0.241 e. The van der Waals surface area contributed by atoms with Gasteiger partial charge >= 0.3 is 0 Å². The highest BCUT2D eigenvalue weighted by atomic mass is 16.5. The van der Waals surface area contributed by atoms with Gasteiger partial charge in [-0.05, 0) is 38.0 Å². The van der Waals surface area contributed by atoms with Crippen molar-refractivity contribution in [2.45, 2.75) is 32.4 Å². The first kappa shape index (κ1) is 20.9. The van der Waals surface area contributed by atoms with Gasteiger partial charge in [-0.25, -0.2) is 0 Å². The maximum Gasteiger partial charge on any atom is 0.241 e. The van der Waals surface area contributed by atoms with E-state index < -0.39 is 0 Å². The average Bonchev–Trinajstić information content (AvgIpc) is 2.70. The number of amides is 2. The highest BCUT2D eigenvalue weighted by Gasteiger charge is 2.34. The first-order chi connectivity index (χ1) is 14.0. The molecule has 6 nitrogen and oxygen atoms in total.